The maximum Gasteiger partial charge on any atom is 0.349 e. The lowest BCUT2D eigenvalue weighted by Crippen LogP contribution is -2.31. The van der Waals surface area contributed by atoms with Gasteiger partial charge in [-0.15, -0.1) is 0 Å². The van der Waals surface area contributed by atoms with Crippen molar-refractivity contribution in [1.82, 2.24) is 20.8 Å². The molecular formula is C21H28N4O4. The van der Waals surface area contributed by atoms with Gasteiger partial charge >= 0.3 is 5.63 Å². The highest BCUT2D eigenvalue weighted by molar-refractivity contribution is 5.95. The smallest absolute Gasteiger partial charge is 0.349 e. The second kappa shape index (κ2) is 8.90. The molecule has 2 N–H and O–H groups in total. The van der Waals surface area contributed by atoms with Crippen LogP contribution in [0.3, 0.4) is 0 Å². The number of hydrogen-bond donors (Lipinski definition) is 2. The van der Waals surface area contributed by atoms with Gasteiger partial charge in [-0.2, -0.15) is 4.98 Å². The maximum absolute atomic E-state index is 12.6. The lowest BCUT2D eigenvalue weighted by molar-refractivity contribution is 0.0941. The standard InChI is InChI=1S/C21H28N4O4/c1-13-10-16(15-8-5-9-22-11-15)28-21(27)18(13)20(26)23-12-17-24-19(25-29-17)14-6-3-2-4-7-14/h10,14-15,22H,2-9,11-12H2,1H3,(H,23,26). The van der Waals surface area contributed by atoms with E-state index in [1.54, 1.807) is 6.92 Å². The molecule has 2 aliphatic rings. The summed E-state index contributed by atoms with van der Waals surface area (Å²) < 4.78 is 10.8. The fourth-order valence-corrected chi connectivity index (χ4v) is 4.31. The van der Waals surface area contributed by atoms with Crippen molar-refractivity contribution in [2.45, 2.75) is 70.3 Å². The minimum absolute atomic E-state index is 0.0320. The normalized spacial score (nSPS) is 20.5. The van der Waals surface area contributed by atoms with Crippen LogP contribution in [0.15, 0.2) is 19.8 Å². The number of aromatic nitrogens is 2. The predicted octanol–water partition coefficient (Wildman–Crippen LogP) is 2.78. The molecule has 1 amide bonds. The summed E-state index contributed by atoms with van der Waals surface area (Å²) in [4.78, 5) is 29.5. The SMILES string of the molecule is Cc1cc(C2CCCNC2)oc(=O)c1C(=O)NCc1nc(C2CCCCC2)no1. The first-order chi connectivity index (χ1) is 14.1. The third-order valence-electron chi connectivity index (χ3n) is 5.95. The topological polar surface area (TPSA) is 110 Å². The number of rotatable bonds is 5. The highest BCUT2D eigenvalue weighted by Crippen LogP contribution is 2.30. The molecule has 156 valence electrons. The van der Waals surface area contributed by atoms with Crippen LogP contribution in [0.5, 0.6) is 0 Å². The molecule has 3 heterocycles. The molecule has 0 aromatic carbocycles. The second-order valence-corrected chi connectivity index (χ2v) is 8.10. The first-order valence-electron chi connectivity index (χ1n) is 10.6. The second-order valence-electron chi connectivity index (χ2n) is 8.10. The van der Waals surface area contributed by atoms with Crippen LogP contribution in [0.2, 0.25) is 0 Å². The van der Waals surface area contributed by atoms with E-state index in [9.17, 15) is 9.59 Å². The Bertz CT molecular complexity index is 908. The van der Waals surface area contributed by atoms with Crippen molar-refractivity contribution in [2.75, 3.05) is 13.1 Å². The molecule has 0 spiro atoms. The van der Waals surface area contributed by atoms with Crippen LogP contribution in [0, 0.1) is 6.92 Å². The van der Waals surface area contributed by atoms with Crippen LogP contribution >= 0.6 is 0 Å². The highest BCUT2D eigenvalue weighted by atomic mass is 16.5. The molecule has 1 aliphatic heterocycles. The van der Waals surface area contributed by atoms with Crippen molar-refractivity contribution in [1.29, 1.82) is 0 Å². The van der Waals surface area contributed by atoms with Crippen molar-refractivity contribution >= 4 is 5.91 Å². The minimum Gasteiger partial charge on any atom is -0.427 e. The van der Waals surface area contributed by atoms with Crippen molar-refractivity contribution in [3.05, 3.63) is 45.1 Å². The van der Waals surface area contributed by atoms with E-state index in [-0.39, 0.29) is 18.0 Å². The maximum atomic E-state index is 12.6. The van der Waals surface area contributed by atoms with E-state index in [0.29, 0.717) is 23.1 Å². The zero-order valence-electron chi connectivity index (χ0n) is 16.8. The van der Waals surface area contributed by atoms with Crippen molar-refractivity contribution < 1.29 is 13.7 Å². The summed E-state index contributed by atoms with van der Waals surface area (Å²) in [5, 5.41) is 10.1. The molecule has 8 heteroatoms. The molecule has 0 radical (unpaired) electrons. The number of hydrogen-bond acceptors (Lipinski definition) is 7. The molecule has 8 nitrogen and oxygen atoms in total. The zero-order valence-corrected chi connectivity index (χ0v) is 16.8. The van der Waals surface area contributed by atoms with E-state index in [0.717, 1.165) is 44.6 Å². The Hall–Kier alpha value is -2.48. The van der Waals surface area contributed by atoms with Gasteiger partial charge in [-0.25, -0.2) is 4.79 Å². The van der Waals surface area contributed by atoms with E-state index >= 15 is 0 Å². The molecule has 1 unspecified atom stereocenters. The summed E-state index contributed by atoms with van der Waals surface area (Å²) in [6.07, 6.45) is 7.81. The molecule has 1 saturated carbocycles. The minimum atomic E-state index is -0.600. The molecule has 2 aromatic heterocycles. The van der Waals surface area contributed by atoms with Gasteiger partial charge in [-0.05, 0) is 50.8 Å². The molecule has 2 aromatic rings. The van der Waals surface area contributed by atoms with Gasteiger partial charge in [0, 0.05) is 18.4 Å². The number of amides is 1. The molecule has 4 rings (SSSR count). The number of carbonyl (C=O) groups excluding carboxylic acids is 1. The Labute approximate surface area is 169 Å². The Morgan fingerprint density at radius 3 is 2.72 bits per heavy atom. The van der Waals surface area contributed by atoms with Crippen LogP contribution in [0.1, 0.15) is 90.2 Å². The molecule has 1 aliphatic carbocycles. The highest BCUT2D eigenvalue weighted by Gasteiger charge is 2.24. The zero-order chi connectivity index (χ0) is 20.2. The monoisotopic (exact) mass is 400 g/mol. The fraction of sp³-hybridized carbons (Fsp3) is 0.619. The fourth-order valence-electron chi connectivity index (χ4n) is 4.31. The van der Waals surface area contributed by atoms with Gasteiger partial charge in [-0.1, -0.05) is 24.4 Å². The number of carbonyl (C=O) groups is 1. The lowest BCUT2D eigenvalue weighted by Gasteiger charge is -2.22. The first kappa shape index (κ1) is 19.8. The van der Waals surface area contributed by atoms with Gasteiger partial charge in [0.05, 0.1) is 6.54 Å². The average Bonchev–Trinajstić information content (AvgIpc) is 3.22. The summed E-state index contributed by atoms with van der Waals surface area (Å²) in [7, 11) is 0. The molecule has 0 bridgehead atoms. The van der Waals surface area contributed by atoms with Crippen LogP contribution in [-0.2, 0) is 6.54 Å². The van der Waals surface area contributed by atoms with Gasteiger partial charge in [0.1, 0.15) is 11.3 Å². The van der Waals surface area contributed by atoms with Gasteiger partial charge < -0.3 is 19.6 Å². The summed E-state index contributed by atoms with van der Waals surface area (Å²) in [6.45, 7) is 3.62. The Kier molecular flexibility index (Phi) is 6.08. The first-order valence-corrected chi connectivity index (χ1v) is 10.6. The van der Waals surface area contributed by atoms with E-state index in [1.165, 1.54) is 19.3 Å². The van der Waals surface area contributed by atoms with Crippen LogP contribution in [0.25, 0.3) is 0 Å². The Morgan fingerprint density at radius 2 is 2.00 bits per heavy atom. The Morgan fingerprint density at radius 1 is 1.21 bits per heavy atom. The van der Waals surface area contributed by atoms with Gasteiger partial charge in [-0.3, -0.25) is 4.79 Å². The van der Waals surface area contributed by atoms with E-state index in [1.807, 2.05) is 6.07 Å². The summed E-state index contributed by atoms with van der Waals surface area (Å²) in [6, 6.07) is 1.81. The quantitative estimate of drug-likeness (QED) is 0.794. The van der Waals surface area contributed by atoms with Crippen molar-refractivity contribution in [2.24, 2.45) is 0 Å². The number of nitrogens with one attached hydrogen (secondary N) is 2. The predicted molar refractivity (Wildman–Crippen MR) is 106 cm³/mol. The van der Waals surface area contributed by atoms with Gasteiger partial charge in [0.2, 0.25) is 5.89 Å². The third-order valence-corrected chi connectivity index (χ3v) is 5.95. The van der Waals surface area contributed by atoms with Crippen LogP contribution in [-0.4, -0.2) is 29.1 Å². The van der Waals surface area contributed by atoms with E-state index in [2.05, 4.69) is 20.8 Å². The Balaban J connectivity index is 1.40. The number of piperidine rings is 1. The molecule has 1 atom stereocenters. The summed E-state index contributed by atoms with van der Waals surface area (Å²) in [5.41, 5.74) is 0.0498. The molecular weight excluding hydrogens is 372 g/mol. The lowest BCUT2D eigenvalue weighted by atomic mass is 9.89. The number of nitrogens with zero attached hydrogens (tertiary/aromatic N) is 2. The van der Waals surface area contributed by atoms with Gasteiger partial charge in [0.25, 0.3) is 5.91 Å². The summed E-state index contributed by atoms with van der Waals surface area (Å²) in [5.74, 6) is 1.74. The van der Waals surface area contributed by atoms with Crippen LogP contribution < -0.4 is 16.3 Å². The largest absolute Gasteiger partial charge is 0.427 e. The van der Waals surface area contributed by atoms with E-state index < -0.39 is 11.5 Å². The van der Waals surface area contributed by atoms with Crippen molar-refractivity contribution in [3.8, 4) is 0 Å². The summed E-state index contributed by atoms with van der Waals surface area (Å²) >= 11 is 0. The molecule has 1 saturated heterocycles. The average molecular weight is 400 g/mol. The van der Waals surface area contributed by atoms with Crippen LogP contribution in [0.4, 0.5) is 0 Å². The third kappa shape index (κ3) is 4.58. The number of aryl methyl sites for hydroxylation is 1. The van der Waals surface area contributed by atoms with E-state index in [4.69, 9.17) is 8.94 Å². The molecule has 29 heavy (non-hydrogen) atoms. The van der Waals surface area contributed by atoms with Crippen molar-refractivity contribution in [3.63, 3.8) is 0 Å². The molecule has 2 fully saturated rings. The van der Waals surface area contributed by atoms with Gasteiger partial charge in [0.15, 0.2) is 5.82 Å².